The van der Waals surface area contributed by atoms with Gasteiger partial charge in [-0.1, -0.05) is 47.5 Å². The largest absolute Gasteiger partial charge is 0.332 e. The van der Waals surface area contributed by atoms with E-state index < -0.39 is 23.0 Å². The smallest absolute Gasteiger partial charge is 0.324 e. The Morgan fingerprint density at radius 2 is 1.56 bits per heavy atom. The zero-order valence-corrected chi connectivity index (χ0v) is 18.0. The molecule has 0 radical (unpaired) electrons. The Balaban J connectivity index is 1.74. The number of nitrogens with zero attached hydrogens (tertiary/aromatic N) is 2. The van der Waals surface area contributed by atoms with Gasteiger partial charge in [-0.05, 0) is 48.0 Å². The predicted molar refractivity (Wildman–Crippen MR) is 123 cm³/mol. The van der Waals surface area contributed by atoms with E-state index in [4.69, 9.17) is 23.2 Å². The molecule has 0 unspecified atom stereocenters. The number of hydrogen-bond acceptors (Lipinski definition) is 3. The SMILES string of the molecule is O=C(Cn1c(=O)n(Cc2ccc(F)cc2)c(=O)c2ccccc21)Nc1cc(Cl)cc(Cl)c1. The van der Waals surface area contributed by atoms with Gasteiger partial charge in [-0.2, -0.15) is 0 Å². The Morgan fingerprint density at radius 3 is 2.25 bits per heavy atom. The molecule has 32 heavy (non-hydrogen) atoms. The van der Waals surface area contributed by atoms with Gasteiger partial charge in [0.25, 0.3) is 5.56 Å². The number of halogens is 3. The number of nitrogens with one attached hydrogen (secondary N) is 1. The van der Waals surface area contributed by atoms with Gasteiger partial charge in [-0.15, -0.1) is 0 Å². The molecule has 162 valence electrons. The molecule has 1 amide bonds. The fourth-order valence-electron chi connectivity index (χ4n) is 3.41. The lowest BCUT2D eigenvalue weighted by Crippen LogP contribution is -2.42. The molecule has 9 heteroatoms. The number of hydrogen-bond donors (Lipinski definition) is 1. The van der Waals surface area contributed by atoms with E-state index in [0.29, 0.717) is 26.8 Å². The minimum atomic E-state index is -0.655. The highest BCUT2D eigenvalue weighted by molar-refractivity contribution is 6.35. The van der Waals surface area contributed by atoms with Gasteiger partial charge >= 0.3 is 5.69 Å². The Morgan fingerprint density at radius 1 is 0.906 bits per heavy atom. The molecule has 1 N–H and O–H groups in total. The van der Waals surface area contributed by atoms with Crippen LogP contribution >= 0.6 is 23.2 Å². The summed E-state index contributed by atoms with van der Waals surface area (Å²) < 4.78 is 15.5. The maximum atomic E-state index is 13.2. The van der Waals surface area contributed by atoms with E-state index in [9.17, 15) is 18.8 Å². The van der Waals surface area contributed by atoms with Crippen LogP contribution in [0, 0.1) is 5.82 Å². The highest BCUT2D eigenvalue weighted by Crippen LogP contribution is 2.22. The van der Waals surface area contributed by atoms with Gasteiger partial charge in [0.15, 0.2) is 0 Å². The van der Waals surface area contributed by atoms with Gasteiger partial charge in [-0.3, -0.25) is 18.7 Å². The van der Waals surface area contributed by atoms with Crippen LogP contribution in [0.25, 0.3) is 10.9 Å². The zero-order valence-electron chi connectivity index (χ0n) is 16.5. The summed E-state index contributed by atoms with van der Waals surface area (Å²) in [4.78, 5) is 38.9. The lowest BCUT2D eigenvalue weighted by molar-refractivity contribution is -0.116. The summed E-state index contributed by atoms with van der Waals surface area (Å²) >= 11 is 11.9. The third kappa shape index (κ3) is 4.59. The van der Waals surface area contributed by atoms with E-state index in [1.807, 2.05) is 0 Å². The monoisotopic (exact) mass is 471 g/mol. The molecule has 1 heterocycles. The van der Waals surface area contributed by atoms with Crippen molar-refractivity contribution in [1.82, 2.24) is 9.13 Å². The minimum absolute atomic E-state index is 0.0612. The quantitative estimate of drug-likeness (QED) is 0.471. The molecule has 4 rings (SSSR count). The van der Waals surface area contributed by atoms with Gasteiger partial charge in [0.05, 0.1) is 17.4 Å². The second kappa shape index (κ2) is 8.98. The molecule has 0 saturated heterocycles. The number of anilines is 1. The van der Waals surface area contributed by atoms with Crippen LogP contribution in [0.4, 0.5) is 10.1 Å². The van der Waals surface area contributed by atoms with E-state index in [-0.39, 0.29) is 18.5 Å². The van der Waals surface area contributed by atoms with Crippen molar-refractivity contribution in [3.63, 3.8) is 0 Å². The molecule has 0 atom stereocenters. The van der Waals surface area contributed by atoms with E-state index in [1.165, 1.54) is 47.0 Å². The molecule has 0 fully saturated rings. The molecule has 0 saturated carbocycles. The summed E-state index contributed by atoms with van der Waals surface area (Å²) in [5.74, 6) is -0.919. The van der Waals surface area contributed by atoms with Crippen molar-refractivity contribution in [2.45, 2.75) is 13.1 Å². The molecule has 0 aliphatic carbocycles. The summed E-state index contributed by atoms with van der Waals surface area (Å²) in [6.07, 6.45) is 0. The van der Waals surface area contributed by atoms with Crippen LogP contribution in [-0.2, 0) is 17.9 Å². The molecule has 6 nitrogen and oxygen atoms in total. The summed E-state index contributed by atoms with van der Waals surface area (Å²) in [6, 6.07) is 16.6. The topological polar surface area (TPSA) is 73.1 Å². The van der Waals surface area contributed by atoms with E-state index in [2.05, 4.69) is 5.32 Å². The van der Waals surface area contributed by atoms with Gasteiger partial charge in [-0.25, -0.2) is 9.18 Å². The standard InChI is InChI=1S/C23H16Cl2FN3O3/c24-15-9-16(25)11-18(10-15)27-21(30)13-28-20-4-2-1-3-19(20)22(31)29(23(28)32)12-14-5-7-17(26)8-6-14/h1-11H,12-13H2,(H,27,30). The fraction of sp³-hybridized carbons (Fsp3) is 0.0870. The molecule has 0 spiro atoms. The van der Waals surface area contributed by atoms with Gasteiger partial charge in [0, 0.05) is 15.7 Å². The van der Waals surface area contributed by atoms with Crippen LogP contribution in [0.2, 0.25) is 10.0 Å². The third-order valence-corrected chi connectivity index (χ3v) is 5.27. The second-order valence-electron chi connectivity index (χ2n) is 7.11. The lowest BCUT2D eigenvalue weighted by Gasteiger charge is -2.14. The number of carbonyl (C=O) groups is 1. The normalized spacial score (nSPS) is 11.0. The molecular formula is C23H16Cl2FN3O3. The number of benzene rings is 3. The summed E-state index contributed by atoms with van der Waals surface area (Å²) in [5, 5.41) is 3.64. The minimum Gasteiger partial charge on any atom is -0.324 e. The van der Waals surface area contributed by atoms with Crippen LogP contribution in [0.15, 0.2) is 76.3 Å². The predicted octanol–water partition coefficient (Wildman–Crippen LogP) is 4.30. The summed E-state index contributed by atoms with van der Waals surface area (Å²) in [7, 11) is 0. The Labute approximate surface area is 191 Å². The van der Waals surface area contributed by atoms with Gasteiger partial charge in [0.1, 0.15) is 12.4 Å². The van der Waals surface area contributed by atoms with Crippen LogP contribution in [0.3, 0.4) is 0 Å². The average molecular weight is 472 g/mol. The average Bonchev–Trinajstić information content (AvgIpc) is 2.75. The Bertz CT molecular complexity index is 1430. The first-order valence-corrected chi connectivity index (χ1v) is 10.3. The maximum Gasteiger partial charge on any atom is 0.332 e. The van der Waals surface area contributed by atoms with E-state index in [0.717, 1.165) is 4.57 Å². The third-order valence-electron chi connectivity index (χ3n) is 4.83. The second-order valence-corrected chi connectivity index (χ2v) is 7.98. The van der Waals surface area contributed by atoms with Crippen molar-refractivity contribution < 1.29 is 9.18 Å². The molecular weight excluding hydrogens is 456 g/mol. The number of rotatable bonds is 5. The van der Waals surface area contributed by atoms with Crippen LogP contribution < -0.4 is 16.6 Å². The first-order chi connectivity index (χ1) is 15.3. The van der Waals surface area contributed by atoms with Gasteiger partial charge in [0.2, 0.25) is 5.91 Å². The Hall–Kier alpha value is -3.42. The maximum absolute atomic E-state index is 13.2. The molecule has 1 aromatic heterocycles. The van der Waals surface area contributed by atoms with Crippen molar-refractivity contribution in [3.05, 3.63) is 109 Å². The number of fused-ring (bicyclic) bond motifs is 1. The summed E-state index contributed by atoms with van der Waals surface area (Å²) in [6.45, 7) is -0.401. The first kappa shape index (κ1) is 21.8. The zero-order chi connectivity index (χ0) is 22.8. The van der Waals surface area contributed by atoms with E-state index >= 15 is 0 Å². The highest BCUT2D eigenvalue weighted by atomic mass is 35.5. The molecule has 0 aliphatic rings. The summed E-state index contributed by atoms with van der Waals surface area (Å²) in [5.41, 5.74) is 0.137. The molecule has 0 aliphatic heterocycles. The van der Waals surface area contributed by atoms with Crippen molar-refractivity contribution in [2.24, 2.45) is 0 Å². The van der Waals surface area contributed by atoms with Crippen LogP contribution in [0.1, 0.15) is 5.56 Å². The highest BCUT2D eigenvalue weighted by Gasteiger charge is 2.16. The first-order valence-electron chi connectivity index (χ1n) is 9.54. The molecule has 4 aromatic rings. The van der Waals surface area contributed by atoms with Crippen LogP contribution in [0.5, 0.6) is 0 Å². The molecule has 3 aromatic carbocycles. The number of para-hydroxylation sites is 1. The van der Waals surface area contributed by atoms with Gasteiger partial charge < -0.3 is 5.32 Å². The van der Waals surface area contributed by atoms with Crippen molar-refractivity contribution in [2.75, 3.05) is 5.32 Å². The fourth-order valence-corrected chi connectivity index (χ4v) is 3.93. The van der Waals surface area contributed by atoms with Crippen molar-refractivity contribution >= 4 is 45.7 Å². The van der Waals surface area contributed by atoms with Crippen molar-refractivity contribution in [3.8, 4) is 0 Å². The van der Waals surface area contributed by atoms with Crippen molar-refractivity contribution in [1.29, 1.82) is 0 Å². The number of amides is 1. The Kier molecular flexibility index (Phi) is 6.12. The number of aromatic nitrogens is 2. The van der Waals surface area contributed by atoms with Crippen LogP contribution in [-0.4, -0.2) is 15.0 Å². The molecule has 0 bridgehead atoms. The van der Waals surface area contributed by atoms with E-state index in [1.54, 1.807) is 24.3 Å². The lowest BCUT2D eigenvalue weighted by atomic mass is 10.2. The number of carbonyl (C=O) groups excluding carboxylic acids is 1.